The molecule has 2 aliphatic heterocycles. The van der Waals surface area contributed by atoms with Crippen molar-refractivity contribution in [3.8, 4) is 0 Å². The maximum absolute atomic E-state index is 3.73. The second-order valence-corrected chi connectivity index (χ2v) is 6.26. The Bertz CT molecular complexity index is 234. The van der Waals surface area contributed by atoms with Crippen molar-refractivity contribution in [1.29, 1.82) is 0 Å². The third kappa shape index (κ3) is 1.87. The number of piperazine rings is 1. The zero-order valence-corrected chi connectivity index (χ0v) is 11.0. The number of alkyl halides is 1. The molecule has 3 heteroatoms. The molecule has 86 valence electrons. The van der Waals surface area contributed by atoms with E-state index in [0.717, 1.165) is 6.04 Å². The highest BCUT2D eigenvalue weighted by molar-refractivity contribution is 9.09. The predicted molar refractivity (Wildman–Crippen MR) is 66.5 cm³/mol. The Morgan fingerprint density at radius 2 is 2.07 bits per heavy atom. The Labute approximate surface area is 101 Å². The smallest absolute Gasteiger partial charge is 0.0236 e. The normalized spacial score (nSPS) is 39.0. The van der Waals surface area contributed by atoms with E-state index in [1.54, 1.807) is 0 Å². The van der Waals surface area contributed by atoms with Gasteiger partial charge in [0.15, 0.2) is 0 Å². The molecule has 1 saturated carbocycles. The lowest BCUT2D eigenvalue weighted by atomic mass is 9.70. The number of halogens is 1. The summed E-state index contributed by atoms with van der Waals surface area (Å²) in [6.07, 6.45) is 5.77. The molecule has 2 nitrogen and oxygen atoms in total. The van der Waals surface area contributed by atoms with Crippen molar-refractivity contribution in [3.05, 3.63) is 0 Å². The van der Waals surface area contributed by atoms with Gasteiger partial charge in [-0.05, 0) is 31.2 Å². The summed E-state index contributed by atoms with van der Waals surface area (Å²) in [4.78, 5) is 5.41. The Balaban J connectivity index is 1.62. The zero-order valence-electron chi connectivity index (χ0n) is 9.42. The molecular weight excluding hydrogens is 252 g/mol. The lowest BCUT2D eigenvalue weighted by Gasteiger charge is -2.47. The van der Waals surface area contributed by atoms with Gasteiger partial charge in [0.2, 0.25) is 0 Å². The van der Waals surface area contributed by atoms with Gasteiger partial charge in [-0.3, -0.25) is 4.90 Å². The van der Waals surface area contributed by atoms with E-state index in [2.05, 4.69) is 25.7 Å². The molecule has 3 aliphatic rings. The summed E-state index contributed by atoms with van der Waals surface area (Å²) in [7, 11) is 0. The Kier molecular flexibility index (Phi) is 2.82. The van der Waals surface area contributed by atoms with Crippen molar-refractivity contribution in [2.75, 3.05) is 38.1 Å². The van der Waals surface area contributed by atoms with Crippen LogP contribution in [0.25, 0.3) is 0 Å². The van der Waals surface area contributed by atoms with Gasteiger partial charge in [0.1, 0.15) is 0 Å². The van der Waals surface area contributed by atoms with E-state index in [1.807, 2.05) is 0 Å². The van der Waals surface area contributed by atoms with Gasteiger partial charge in [0.25, 0.3) is 0 Å². The topological polar surface area (TPSA) is 6.48 Å². The van der Waals surface area contributed by atoms with E-state index in [4.69, 9.17) is 0 Å². The minimum absolute atomic E-state index is 0.644. The standard InChI is InChI=1S/C12H21BrN2/c13-9-12(3-1-4-12)10-15-7-6-14-5-2-11(15)8-14/h11H,1-10H2. The molecule has 2 saturated heterocycles. The van der Waals surface area contributed by atoms with E-state index in [9.17, 15) is 0 Å². The predicted octanol–water partition coefficient (Wildman–Crippen LogP) is 1.94. The van der Waals surface area contributed by atoms with E-state index >= 15 is 0 Å². The van der Waals surface area contributed by atoms with Gasteiger partial charge >= 0.3 is 0 Å². The quantitative estimate of drug-likeness (QED) is 0.725. The van der Waals surface area contributed by atoms with Gasteiger partial charge in [-0.25, -0.2) is 0 Å². The molecule has 0 spiro atoms. The van der Waals surface area contributed by atoms with Crippen LogP contribution in [0, 0.1) is 5.41 Å². The molecule has 0 N–H and O–H groups in total. The summed E-state index contributed by atoms with van der Waals surface area (Å²) in [5, 5.41) is 1.22. The molecule has 0 aromatic rings. The SMILES string of the molecule is BrCC1(CN2CCN3CCC2C3)CCC1. The van der Waals surface area contributed by atoms with Crippen LogP contribution in [0.15, 0.2) is 0 Å². The van der Waals surface area contributed by atoms with E-state index in [-0.39, 0.29) is 0 Å². The van der Waals surface area contributed by atoms with E-state index in [1.165, 1.54) is 63.7 Å². The van der Waals surface area contributed by atoms with Crippen LogP contribution in [0.4, 0.5) is 0 Å². The monoisotopic (exact) mass is 272 g/mol. The average Bonchev–Trinajstić information content (AvgIpc) is 2.59. The minimum atomic E-state index is 0.644. The summed E-state index contributed by atoms with van der Waals surface area (Å²) >= 11 is 3.73. The van der Waals surface area contributed by atoms with Gasteiger partial charge in [-0.2, -0.15) is 0 Å². The molecule has 2 atom stereocenters. The van der Waals surface area contributed by atoms with Crippen LogP contribution in [0.1, 0.15) is 25.7 Å². The van der Waals surface area contributed by atoms with Crippen molar-refractivity contribution in [2.24, 2.45) is 5.41 Å². The molecule has 2 unspecified atom stereocenters. The van der Waals surface area contributed by atoms with Crippen molar-refractivity contribution in [3.63, 3.8) is 0 Å². The summed E-state index contributed by atoms with van der Waals surface area (Å²) < 4.78 is 0. The maximum atomic E-state index is 3.73. The first-order valence-electron chi connectivity index (χ1n) is 6.34. The highest BCUT2D eigenvalue weighted by atomic mass is 79.9. The number of hydrogen-bond donors (Lipinski definition) is 0. The molecule has 0 amide bonds. The molecule has 0 radical (unpaired) electrons. The van der Waals surface area contributed by atoms with Crippen molar-refractivity contribution in [1.82, 2.24) is 9.80 Å². The number of hydrogen-bond acceptors (Lipinski definition) is 2. The van der Waals surface area contributed by atoms with Crippen LogP contribution in [0.3, 0.4) is 0 Å². The van der Waals surface area contributed by atoms with Crippen molar-refractivity contribution < 1.29 is 0 Å². The highest BCUT2D eigenvalue weighted by Gasteiger charge is 2.41. The van der Waals surface area contributed by atoms with Crippen LogP contribution in [0.2, 0.25) is 0 Å². The number of rotatable bonds is 3. The largest absolute Gasteiger partial charge is 0.300 e. The molecule has 15 heavy (non-hydrogen) atoms. The fourth-order valence-corrected chi connectivity index (χ4v) is 4.15. The first kappa shape index (κ1) is 10.5. The summed E-state index contributed by atoms with van der Waals surface area (Å²) in [6.45, 7) is 6.69. The summed E-state index contributed by atoms with van der Waals surface area (Å²) in [6, 6.07) is 0.885. The van der Waals surface area contributed by atoms with Crippen LogP contribution < -0.4 is 0 Å². The van der Waals surface area contributed by atoms with Crippen LogP contribution in [-0.2, 0) is 0 Å². The first-order valence-corrected chi connectivity index (χ1v) is 7.46. The fourth-order valence-electron chi connectivity index (χ4n) is 3.42. The molecule has 0 aromatic carbocycles. The lowest BCUT2D eigenvalue weighted by Crippen LogP contribution is -2.52. The number of nitrogens with zero attached hydrogens (tertiary/aromatic N) is 2. The second kappa shape index (κ2) is 4.01. The van der Waals surface area contributed by atoms with Crippen molar-refractivity contribution >= 4 is 15.9 Å². The van der Waals surface area contributed by atoms with Crippen LogP contribution >= 0.6 is 15.9 Å². The molecule has 2 heterocycles. The van der Waals surface area contributed by atoms with E-state index < -0.39 is 0 Å². The average molecular weight is 273 g/mol. The first-order chi connectivity index (χ1) is 7.31. The fraction of sp³-hybridized carbons (Fsp3) is 1.00. The Morgan fingerprint density at radius 3 is 2.73 bits per heavy atom. The van der Waals surface area contributed by atoms with Crippen molar-refractivity contribution in [2.45, 2.75) is 31.7 Å². The van der Waals surface area contributed by atoms with E-state index in [0.29, 0.717) is 5.41 Å². The van der Waals surface area contributed by atoms with Gasteiger partial charge in [-0.15, -0.1) is 0 Å². The molecule has 0 aromatic heterocycles. The molecular formula is C12H21BrN2. The summed E-state index contributed by atoms with van der Waals surface area (Å²) in [5.41, 5.74) is 0.644. The Hall–Kier alpha value is 0.400. The maximum Gasteiger partial charge on any atom is 0.0236 e. The number of fused-ring (bicyclic) bond motifs is 2. The summed E-state index contributed by atoms with van der Waals surface area (Å²) in [5.74, 6) is 0. The van der Waals surface area contributed by atoms with Gasteiger partial charge in [0, 0.05) is 37.6 Å². The lowest BCUT2D eigenvalue weighted by molar-refractivity contribution is 0.0461. The third-order valence-corrected chi connectivity index (χ3v) is 5.89. The van der Waals surface area contributed by atoms with Gasteiger partial charge in [0.05, 0.1) is 0 Å². The zero-order chi connectivity index (χ0) is 10.3. The second-order valence-electron chi connectivity index (χ2n) is 5.70. The minimum Gasteiger partial charge on any atom is -0.300 e. The highest BCUT2D eigenvalue weighted by Crippen LogP contribution is 2.43. The molecule has 3 fully saturated rings. The third-order valence-electron chi connectivity index (χ3n) is 4.70. The molecule has 1 aliphatic carbocycles. The van der Waals surface area contributed by atoms with Crippen LogP contribution in [0.5, 0.6) is 0 Å². The molecule has 3 rings (SSSR count). The van der Waals surface area contributed by atoms with Crippen LogP contribution in [-0.4, -0.2) is 53.9 Å². The Morgan fingerprint density at radius 1 is 1.20 bits per heavy atom. The van der Waals surface area contributed by atoms with Gasteiger partial charge < -0.3 is 4.90 Å². The molecule has 2 bridgehead atoms. The van der Waals surface area contributed by atoms with Gasteiger partial charge in [-0.1, -0.05) is 22.4 Å².